The van der Waals surface area contributed by atoms with Crippen LogP contribution >= 0.6 is 23.2 Å². The van der Waals surface area contributed by atoms with E-state index in [-0.39, 0.29) is 5.15 Å². The molecule has 0 unspecified atom stereocenters. The summed E-state index contributed by atoms with van der Waals surface area (Å²) in [5.74, 6) is 0.434. The highest BCUT2D eigenvalue weighted by Gasteiger charge is 2.21. The Morgan fingerprint density at radius 2 is 2.00 bits per heavy atom. The van der Waals surface area contributed by atoms with Crippen molar-refractivity contribution in [2.75, 3.05) is 0 Å². The first-order valence-corrected chi connectivity index (χ1v) is 5.08. The van der Waals surface area contributed by atoms with Crippen LogP contribution in [0, 0.1) is 0 Å². The van der Waals surface area contributed by atoms with E-state index in [2.05, 4.69) is 15.0 Å². The highest BCUT2D eigenvalue weighted by Crippen LogP contribution is 2.25. The summed E-state index contributed by atoms with van der Waals surface area (Å²) in [4.78, 5) is 11.1. The van der Waals surface area contributed by atoms with Crippen LogP contribution in [0.5, 0.6) is 0 Å². The Morgan fingerprint density at radius 3 is 2.60 bits per heavy atom. The Bertz CT molecular complexity index is 477. The van der Waals surface area contributed by atoms with Crippen LogP contribution in [-0.2, 0) is 5.60 Å². The zero-order valence-electron chi connectivity index (χ0n) is 8.17. The summed E-state index contributed by atoms with van der Waals surface area (Å²) >= 11 is 11.6. The minimum atomic E-state index is -1.04. The number of pyridine rings is 1. The molecule has 0 atom stereocenters. The number of imidazole rings is 1. The van der Waals surface area contributed by atoms with Crippen molar-refractivity contribution in [3.8, 4) is 0 Å². The maximum absolute atomic E-state index is 9.74. The minimum absolute atomic E-state index is 0.206. The van der Waals surface area contributed by atoms with Crippen LogP contribution in [0.4, 0.5) is 0 Å². The maximum atomic E-state index is 9.74. The van der Waals surface area contributed by atoms with Crippen LogP contribution < -0.4 is 0 Å². The van der Waals surface area contributed by atoms with Crippen molar-refractivity contribution in [2.45, 2.75) is 19.4 Å². The molecule has 0 saturated heterocycles. The molecule has 4 nitrogen and oxygen atoms in total. The Labute approximate surface area is 96.3 Å². The average Bonchev–Trinajstić information content (AvgIpc) is 2.47. The van der Waals surface area contributed by atoms with Gasteiger partial charge >= 0.3 is 0 Å². The molecule has 2 aromatic rings. The van der Waals surface area contributed by atoms with Gasteiger partial charge in [-0.3, -0.25) is 0 Å². The van der Waals surface area contributed by atoms with Gasteiger partial charge in [-0.15, -0.1) is 0 Å². The Kier molecular flexibility index (Phi) is 2.37. The predicted molar refractivity (Wildman–Crippen MR) is 59.2 cm³/mol. The van der Waals surface area contributed by atoms with Gasteiger partial charge in [0.25, 0.3) is 0 Å². The summed E-state index contributed by atoms with van der Waals surface area (Å²) in [6.45, 7) is 3.27. The van der Waals surface area contributed by atoms with Crippen molar-refractivity contribution in [1.29, 1.82) is 0 Å². The van der Waals surface area contributed by atoms with E-state index in [0.717, 1.165) is 0 Å². The summed E-state index contributed by atoms with van der Waals surface area (Å²) < 4.78 is 0. The van der Waals surface area contributed by atoms with E-state index in [1.807, 2.05) is 0 Å². The van der Waals surface area contributed by atoms with Crippen molar-refractivity contribution in [3.05, 3.63) is 22.1 Å². The summed E-state index contributed by atoms with van der Waals surface area (Å²) in [7, 11) is 0. The van der Waals surface area contributed by atoms with E-state index in [1.165, 1.54) is 0 Å². The number of nitrogens with zero attached hydrogens (tertiary/aromatic N) is 2. The number of aromatic amines is 1. The molecule has 15 heavy (non-hydrogen) atoms. The second-order valence-corrected chi connectivity index (χ2v) is 4.54. The number of aromatic nitrogens is 3. The monoisotopic (exact) mass is 245 g/mol. The minimum Gasteiger partial charge on any atom is -0.383 e. The molecule has 0 spiro atoms. The number of fused-ring (bicyclic) bond motifs is 1. The number of aliphatic hydroxyl groups is 1. The van der Waals surface area contributed by atoms with E-state index in [1.54, 1.807) is 19.9 Å². The van der Waals surface area contributed by atoms with Gasteiger partial charge in [0.05, 0.1) is 10.5 Å². The fourth-order valence-corrected chi connectivity index (χ4v) is 1.47. The Hall–Kier alpha value is -0.840. The molecule has 0 aliphatic heterocycles. The van der Waals surface area contributed by atoms with Gasteiger partial charge in [-0.1, -0.05) is 23.2 Å². The van der Waals surface area contributed by atoms with Gasteiger partial charge in [0.15, 0.2) is 5.65 Å². The molecule has 0 aliphatic rings. The van der Waals surface area contributed by atoms with Gasteiger partial charge in [0.2, 0.25) is 0 Å². The third kappa shape index (κ3) is 1.93. The predicted octanol–water partition coefficient (Wildman–Crippen LogP) is 2.49. The highest BCUT2D eigenvalue weighted by molar-refractivity contribution is 6.41. The average molecular weight is 246 g/mol. The summed E-state index contributed by atoms with van der Waals surface area (Å²) in [5, 5.41) is 10.3. The van der Waals surface area contributed by atoms with Crippen LogP contribution in [0.1, 0.15) is 19.7 Å². The number of hydrogen-bond acceptors (Lipinski definition) is 3. The largest absolute Gasteiger partial charge is 0.383 e. The van der Waals surface area contributed by atoms with Crippen molar-refractivity contribution >= 4 is 34.4 Å². The van der Waals surface area contributed by atoms with Crippen molar-refractivity contribution in [1.82, 2.24) is 15.0 Å². The molecule has 0 aromatic carbocycles. The van der Waals surface area contributed by atoms with Gasteiger partial charge in [-0.25, -0.2) is 9.97 Å². The van der Waals surface area contributed by atoms with Crippen molar-refractivity contribution in [2.24, 2.45) is 0 Å². The number of rotatable bonds is 1. The highest BCUT2D eigenvalue weighted by atomic mass is 35.5. The van der Waals surface area contributed by atoms with Crippen LogP contribution in [0.15, 0.2) is 6.07 Å². The Balaban J connectivity index is 2.66. The Morgan fingerprint density at radius 1 is 1.33 bits per heavy atom. The maximum Gasteiger partial charge on any atom is 0.179 e. The molecular weight excluding hydrogens is 237 g/mol. The molecule has 80 valence electrons. The summed E-state index contributed by atoms with van der Waals surface area (Å²) in [6.07, 6.45) is 0. The van der Waals surface area contributed by atoms with Gasteiger partial charge in [0.1, 0.15) is 16.6 Å². The normalized spacial score (nSPS) is 12.3. The molecule has 0 radical (unpaired) electrons. The van der Waals surface area contributed by atoms with Crippen molar-refractivity contribution < 1.29 is 5.11 Å². The van der Waals surface area contributed by atoms with Crippen LogP contribution in [0.25, 0.3) is 11.2 Å². The fraction of sp³-hybridized carbons (Fsp3) is 0.333. The summed E-state index contributed by atoms with van der Waals surface area (Å²) in [6, 6.07) is 1.63. The molecule has 2 heterocycles. The zero-order chi connectivity index (χ0) is 11.2. The van der Waals surface area contributed by atoms with E-state index >= 15 is 0 Å². The third-order valence-electron chi connectivity index (χ3n) is 1.96. The quantitative estimate of drug-likeness (QED) is 0.760. The fourth-order valence-electron chi connectivity index (χ4n) is 1.19. The lowest BCUT2D eigenvalue weighted by molar-refractivity contribution is 0.0700. The molecule has 0 aliphatic carbocycles. The molecule has 0 bridgehead atoms. The zero-order valence-corrected chi connectivity index (χ0v) is 9.69. The number of hydrogen-bond donors (Lipinski definition) is 2. The first-order chi connectivity index (χ1) is 6.88. The molecule has 2 aromatic heterocycles. The van der Waals surface area contributed by atoms with Crippen LogP contribution in [0.3, 0.4) is 0 Å². The molecule has 6 heteroatoms. The molecule has 2 rings (SSSR count). The number of halogens is 2. The molecule has 2 N–H and O–H groups in total. The lowest BCUT2D eigenvalue weighted by Crippen LogP contribution is -2.17. The smallest absolute Gasteiger partial charge is 0.179 e. The lowest BCUT2D eigenvalue weighted by Gasteiger charge is -2.12. The molecule has 0 amide bonds. The van der Waals surface area contributed by atoms with E-state index in [9.17, 15) is 5.11 Å². The van der Waals surface area contributed by atoms with E-state index < -0.39 is 5.60 Å². The van der Waals surface area contributed by atoms with E-state index in [4.69, 9.17) is 23.2 Å². The van der Waals surface area contributed by atoms with Gasteiger partial charge in [0, 0.05) is 0 Å². The first-order valence-electron chi connectivity index (χ1n) is 4.32. The standard InChI is InChI=1S/C9H9Cl2N3O/c1-9(2,15)8-12-5-3-4(10)6(11)13-7(5)14-8/h3,15H,1-2H3,(H,12,13,14). The number of H-pyrrole nitrogens is 1. The molecular formula is C9H9Cl2N3O. The molecule has 0 saturated carbocycles. The second kappa shape index (κ2) is 3.33. The number of nitrogens with one attached hydrogen (secondary N) is 1. The van der Waals surface area contributed by atoms with Crippen LogP contribution in [0.2, 0.25) is 10.2 Å². The molecule has 0 fully saturated rings. The summed E-state index contributed by atoms with van der Waals surface area (Å²) in [5.41, 5.74) is 0.0580. The SMILES string of the molecule is CC(C)(O)c1nc2nc(Cl)c(Cl)cc2[nH]1. The van der Waals surface area contributed by atoms with E-state index in [0.29, 0.717) is 22.0 Å². The van der Waals surface area contributed by atoms with Gasteiger partial charge in [-0.05, 0) is 19.9 Å². The second-order valence-electron chi connectivity index (χ2n) is 3.78. The van der Waals surface area contributed by atoms with Crippen LogP contribution in [-0.4, -0.2) is 20.1 Å². The van der Waals surface area contributed by atoms with Crippen molar-refractivity contribution in [3.63, 3.8) is 0 Å². The topological polar surface area (TPSA) is 61.8 Å². The first kappa shape index (κ1) is 10.7. The van der Waals surface area contributed by atoms with Gasteiger partial charge < -0.3 is 10.1 Å². The van der Waals surface area contributed by atoms with Gasteiger partial charge in [-0.2, -0.15) is 0 Å². The third-order valence-corrected chi connectivity index (χ3v) is 2.64. The lowest BCUT2D eigenvalue weighted by atomic mass is 10.1.